The van der Waals surface area contributed by atoms with Crippen LogP contribution < -0.4 is 10.1 Å². The number of carbonyl (C=O) groups is 1. The van der Waals surface area contributed by atoms with Crippen LogP contribution >= 0.6 is 23.1 Å². The van der Waals surface area contributed by atoms with E-state index in [0.29, 0.717) is 6.61 Å². The molecule has 198 valence electrons. The van der Waals surface area contributed by atoms with Crippen molar-refractivity contribution in [2.24, 2.45) is 0 Å². The monoisotopic (exact) mass is 539 g/mol. The molecule has 37 heavy (non-hydrogen) atoms. The van der Waals surface area contributed by atoms with Crippen LogP contribution in [0.15, 0.2) is 47.8 Å². The molecule has 3 aromatic rings. The van der Waals surface area contributed by atoms with Gasteiger partial charge in [-0.1, -0.05) is 31.2 Å². The Morgan fingerprint density at radius 1 is 1.24 bits per heavy atom. The molecule has 5 nitrogen and oxygen atoms in total. The first-order valence-electron chi connectivity index (χ1n) is 13.1. The van der Waals surface area contributed by atoms with E-state index >= 15 is 0 Å². The van der Waals surface area contributed by atoms with Crippen molar-refractivity contribution in [2.75, 3.05) is 19.4 Å². The van der Waals surface area contributed by atoms with Gasteiger partial charge < -0.3 is 19.9 Å². The molecule has 0 bridgehead atoms. The quantitative estimate of drug-likeness (QED) is 0.253. The zero-order chi connectivity index (χ0) is 26.4. The number of rotatable bonds is 12. The molecule has 2 N–H and O–H groups in total. The molecular weight excluding hydrogens is 502 g/mol. The number of benzene rings is 2. The van der Waals surface area contributed by atoms with Crippen LogP contribution in [0.1, 0.15) is 63.1 Å². The number of thioether (sulfide) groups is 1. The second-order valence-corrected chi connectivity index (χ2v) is 13.1. The highest BCUT2D eigenvalue weighted by atomic mass is 32.2. The summed E-state index contributed by atoms with van der Waals surface area (Å²) in [6.07, 6.45) is 4.21. The summed E-state index contributed by atoms with van der Waals surface area (Å²) in [5.74, 6) is -0.110. The van der Waals surface area contributed by atoms with E-state index in [1.165, 1.54) is 27.4 Å². The Balaban J connectivity index is 1.19. The molecule has 0 amide bonds. The Morgan fingerprint density at radius 3 is 2.78 bits per heavy atom. The van der Waals surface area contributed by atoms with Crippen LogP contribution in [0.5, 0.6) is 5.75 Å². The fourth-order valence-corrected chi connectivity index (χ4v) is 7.66. The minimum Gasteiger partial charge on any atom is -0.487 e. The van der Waals surface area contributed by atoms with Crippen molar-refractivity contribution in [2.45, 2.75) is 74.9 Å². The molecule has 0 spiro atoms. The van der Waals surface area contributed by atoms with Crippen molar-refractivity contribution in [1.82, 2.24) is 5.32 Å². The van der Waals surface area contributed by atoms with Crippen LogP contribution in [0, 0.1) is 0 Å². The summed E-state index contributed by atoms with van der Waals surface area (Å²) in [7, 11) is 0. The maximum absolute atomic E-state index is 12.1. The molecule has 0 saturated heterocycles. The molecule has 2 heterocycles. The smallest absolute Gasteiger partial charge is 0.324 e. The van der Waals surface area contributed by atoms with E-state index in [-0.39, 0.29) is 17.6 Å². The van der Waals surface area contributed by atoms with Gasteiger partial charge in [0, 0.05) is 22.4 Å². The van der Waals surface area contributed by atoms with Gasteiger partial charge in [-0.25, -0.2) is 0 Å². The zero-order valence-corrected chi connectivity index (χ0v) is 23.9. The lowest BCUT2D eigenvalue weighted by Gasteiger charge is -2.32. The summed E-state index contributed by atoms with van der Waals surface area (Å²) >= 11 is 3.17. The summed E-state index contributed by atoms with van der Waals surface area (Å²) in [4.78, 5) is 12.1. The lowest BCUT2D eigenvalue weighted by atomic mass is 9.86. The molecule has 1 aliphatic carbocycles. The van der Waals surface area contributed by atoms with Crippen LogP contribution in [0.3, 0.4) is 0 Å². The van der Waals surface area contributed by atoms with E-state index in [1.54, 1.807) is 11.3 Å². The highest BCUT2D eigenvalue weighted by Gasteiger charge is 2.77. The number of thiophene rings is 1. The fourth-order valence-electron chi connectivity index (χ4n) is 5.87. The number of aliphatic carboxylic acids is 1. The van der Waals surface area contributed by atoms with Gasteiger partial charge in [0.15, 0.2) is 4.75 Å². The predicted molar refractivity (Wildman–Crippen MR) is 153 cm³/mol. The highest BCUT2D eigenvalue weighted by Crippen LogP contribution is 2.68. The third kappa shape index (κ3) is 4.69. The Labute approximate surface area is 227 Å². The molecule has 2 aliphatic rings. The molecule has 5 rings (SSSR count). The largest absolute Gasteiger partial charge is 0.487 e. The van der Waals surface area contributed by atoms with Crippen LogP contribution in [0.4, 0.5) is 0 Å². The van der Waals surface area contributed by atoms with Gasteiger partial charge in [0.2, 0.25) is 0 Å². The first-order valence-corrected chi connectivity index (χ1v) is 15.2. The van der Waals surface area contributed by atoms with Crippen molar-refractivity contribution in [1.29, 1.82) is 0 Å². The first kappa shape index (κ1) is 26.5. The number of hydrogen-bond acceptors (Lipinski definition) is 6. The van der Waals surface area contributed by atoms with E-state index in [4.69, 9.17) is 9.47 Å². The van der Waals surface area contributed by atoms with Crippen molar-refractivity contribution >= 4 is 39.2 Å². The summed E-state index contributed by atoms with van der Waals surface area (Å²) in [6.45, 7) is 10.2. The van der Waals surface area contributed by atoms with Crippen LogP contribution in [0.25, 0.3) is 10.1 Å². The van der Waals surface area contributed by atoms with Gasteiger partial charge in [-0.15, -0.1) is 23.1 Å². The van der Waals surface area contributed by atoms with Crippen molar-refractivity contribution in [3.05, 3.63) is 64.5 Å². The number of nitrogens with one attached hydrogen (secondary N) is 1. The molecule has 0 radical (unpaired) electrons. The van der Waals surface area contributed by atoms with Gasteiger partial charge in [-0.3, -0.25) is 4.79 Å². The number of hydrogen-bond donors (Lipinski definition) is 2. The van der Waals surface area contributed by atoms with Crippen LogP contribution in [-0.4, -0.2) is 46.9 Å². The Bertz CT molecular complexity index is 1300. The lowest BCUT2D eigenvalue weighted by Crippen LogP contribution is -2.42. The van der Waals surface area contributed by atoms with Gasteiger partial charge in [0.25, 0.3) is 0 Å². The van der Waals surface area contributed by atoms with Gasteiger partial charge in [0.1, 0.15) is 11.9 Å². The third-order valence-corrected chi connectivity index (χ3v) is 10.4. The summed E-state index contributed by atoms with van der Waals surface area (Å²) in [5.41, 5.74) is 2.92. The van der Waals surface area contributed by atoms with Crippen molar-refractivity contribution in [3.63, 3.8) is 0 Å². The molecule has 1 saturated carbocycles. The number of carboxylic acids is 1. The molecular formula is C30H37NO4S2. The second kappa shape index (κ2) is 9.92. The second-order valence-electron chi connectivity index (χ2n) is 11.1. The van der Waals surface area contributed by atoms with Gasteiger partial charge in [0.05, 0.1) is 11.5 Å². The van der Waals surface area contributed by atoms with E-state index in [1.807, 2.05) is 18.4 Å². The minimum atomic E-state index is -0.888. The number of ether oxygens (including phenoxy) is 2. The Hall–Kier alpha value is -2.06. The molecule has 1 fully saturated rings. The predicted octanol–water partition coefficient (Wildman–Crippen LogP) is 6.59. The van der Waals surface area contributed by atoms with Crippen molar-refractivity contribution in [3.8, 4) is 5.75 Å². The normalized spacial score (nSPS) is 23.8. The summed E-state index contributed by atoms with van der Waals surface area (Å²) in [5, 5.41) is 17.1. The maximum atomic E-state index is 12.1. The minimum absolute atomic E-state index is 0.0195. The lowest BCUT2D eigenvalue weighted by molar-refractivity contribution is -0.137. The molecule has 1 aromatic heterocycles. The standard InChI is InChI=1S/C30H37NO4S2/c1-6-29(4,21-9-7-10-22-24(21)25-26(35-22)30(25,36-5)27(32)33)34-15-8-14-31-28(2,3)18-19-11-12-23-20(17-19)13-16-37-23/h7,9-13,16-17,25-26,31H,6,8,14-15,18H2,1-5H3,(H,32,33). The van der Waals surface area contributed by atoms with E-state index in [0.717, 1.165) is 42.7 Å². The number of carboxylic acid groups (broad SMARTS) is 1. The third-order valence-electron chi connectivity index (χ3n) is 8.13. The molecule has 2 aromatic carbocycles. The van der Waals surface area contributed by atoms with Crippen molar-refractivity contribution < 1.29 is 19.4 Å². The summed E-state index contributed by atoms with van der Waals surface area (Å²) < 4.78 is 13.1. The fraction of sp³-hybridized carbons (Fsp3) is 0.500. The number of fused-ring (bicyclic) bond motifs is 4. The van der Waals surface area contributed by atoms with Gasteiger partial charge in [-0.05, 0) is 92.9 Å². The van der Waals surface area contributed by atoms with Crippen LogP contribution in [0.2, 0.25) is 0 Å². The van der Waals surface area contributed by atoms with E-state index < -0.39 is 16.3 Å². The maximum Gasteiger partial charge on any atom is 0.324 e. The first-order chi connectivity index (χ1) is 17.6. The average molecular weight is 540 g/mol. The SMILES string of the molecule is CCC(C)(OCCCNC(C)(C)Cc1ccc2sccc2c1)c1cccc2c1C1C(O2)C1(SC)C(=O)O. The Morgan fingerprint density at radius 2 is 2.05 bits per heavy atom. The molecule has 7 heteroatoms. The molecule has 4 unspecified atom stereocenters. The molecule has 1 aliphatic heterocycles. The van der Waals surface area contributed by atoms with Gasteiger partial charge >= 0.3 is 5.97 Å². The highest BCUT2D eigenvalue weighted by molar-refractivity contribution is 8.01. The topological polar surface area (TPSA) is 67.8 Å². The molecule has 4 atom stereocenters. The zero-order valence-electron chi connectivity index (χ0n) is 22.3. The summed E-state index contributed by atoms with van der Waals surface area (Å²) in [6, 6.07) is 15.0. The van der Waals surface area contributed by atoms with E-state index in [2.05, 4.69) is 68.7 Å². The van der Waals surface area contributed by atoms with Gasteiger partial charge in [-0.2, -0.15) is 0 Å². The van der Waals surface area contributed by atoms with Crippen LogP contribution in [-0.2, 0) is 21.6 Å². The van der Waals surface area contributed by atoms with E-state index in [9.17, 15) is 9.90 Å². The average Bonchev–Trinajstić information content (AvgIpc) is 3.13. The Kier molecular flexibility index (Phi) is 7.11.